The van der Waals surface area contributed by atoms with E-state index in [4.69, 9.17) is 52.1 Å². The van der Waals surface area contributed by atoms with Crippen LogP contribution >= 0.6 is 0 Å². The summed E-state index contributed by atoms with van der Waals surface area (Å²) in [4.78, 5) is 48.9. The summed E-state index contributed by atoms with van der Waals surface area (Å²) in [5.74, 6) is -5.37. The maximum atomic E-state index is 12.5. The molecule has 0 aromatic heterocycles. The molecule has 9 atom stereocenters. The molecule has 0 saturated carbocycles. The van der Waals surface area contributed by atoms with Gasteiger partial charge in [0.05, 0.1) is 19.8 Å². The first-order chi connectivity index (χ1) is 24.7. The average Bonchev–Trinajstić information content (AvgIpc) is 3.40. The molecule has 15 heteroatoms. The SMILES string of the molecule is CC(=O)OC[C@H]1O[C@@H](O[C@H]2CO[C@@]3(COC(C)(C)O3)[C@@H](OCc3ccccc3)[C@@H]2OCc2ccccc2)[C@H](OC(C)=O)[C@@H](OC(C)=O)[C@@H]1OC(C)=O. The van der Waals surface area contributed by atoms with Gasteiger partial charge in [-0.05, 0) is 25.0 Å². The monoisotopic (exact) mass is 730 g/mol. The van der Waals surface area contributed by atoms with Crippen molar-refractivity contribution in [3.8, 4) is 0 Å². The fraction of sp³-hybridized carbons (Fsp3) is 0.568. The molecule has 0 bridgehead atoms. The minimum absolute atomic E-state index is 0.0103. The van der Waals surface area contributed by atoms with E-state index < -0.39 is 91.1 Å². The molecule has 52 heavy (non-hydrogen) atoms. The molecule has 0 unspecified atom stereocenters. The predicted octanol–water partition coefficient (Wildman–Crippen LogP) is 3.13. The van der Waals surface area contributed by atoms with E-state index in [1.165, 1.54) is 6.92 Å². The van der Waals surface area contributed by atoms with Crippen LogP contribution in [0, 0.1) is 0 Å². The molecule has 2 aromatic rings. The van der Waals surface area contributed by atoms with E-state index in [0.29, 0.717) is 0 Å². The Hall–Kier alpha value is -3.96. The molecule has 0 aliphatic carbocycles. The van der Waals surface area contributed by atoms with Crippen molar-refractivity contribution in [2.24, 2.45) is 0 Å². The van der Waals surface area contributed by atoms with Gasteiger partial charge in [0.25, 0.3) is 0 Å². The summed E-state index contributed by atoms with van der Waals surface area (Å²) in [6, 6.07) is 19.0. The van der Waals surface area contributed by atoms with E-state index in [1.54, 1.807) is 13.8 Å². The Balaban J connectivity index is 1.52. The lowest BCUT2D eigenvalue weighted by Gasteiger charge is -2.49. The lowest BCUT2D eigenvalue weighted by Crippen LogP contribution is -2.67. The van der Waals surface area contributed by atoms with Crippen LogP contribution in [-0.4, -0.2) is 104 Å². The van der Waals surface area contributed by atoms with Gasteiger partial charge in [0.15, 0.2) is 30.4 Å². The molecule has 15 nitrogen and oxygen atoms in total. The first-order valence-corrected chi connectivity index (χ1v) is 17.0. The molecular weight excluding hydrogens is 684 g/mol. The van der Waals surface area contributed by atoms with E-state index in [9.17, 15) is 19.2 Å². The van der Waals surface area contributed by atoms with Crippen LogP contribution in [0.5, 0.6) is 0 Å². The van der Waals surface area contributed by atoms with E-state index in [-0.39, 0.29) is 26.4 Å². The van der Waals surface area contributed by atoms with Crippen molar-refractivity contribution >= 4 is 23.9 Å². The normalized spacial score (nSPS) is 31.0. The number of benzene rings is 2. The third-order valence-electron chi connectivity index (χ3n) is 8.44. The summed E-state index contributed by atoms with van der Waals surface area (Å²) in [6.45, 7) is 7.90. The molecular formula is C37H46O15. The van der Waals surface area contributed by atoms with Crippen LogP contribution in [-0.2, 0) is 84.5 Å². The zero-order chi connectivity index (χ0) is 37.5. The van der Waals surface area contributed by atoms with E-state index in [1.807, 2.05) is 60.7 Å². The fourth-order valence-electron chi connectivity index (χ4n) is 6.34. The van der Waals surface area contributed by atoms with Gasteiger partial charge in [-0.25, -0.2) is 0 Å². The minimum Gasteiger partial charge on any atom is -0.463 e. The van der Waals surface area contributed by atoms with Gasteiger partial charge in [0, 0.05) is 27.7 Å². The van der Waals surface area contributed by atoms with Crippen LogP contribution in [0.15, 0.2) is 60.7 Å². The molecule has 284 valence electrons. The number of ether oxygens (including phenoxy) is 11. The molecule has 0 radical (unpaired) electrons. The van der Waals surface area contributed by atoms with Crippen LogP contribution in [0.4, 0.5) is 0 Å². The molecule has 2 aromatic carbocycles. The largest absolute Gasteiger partial charge is 0.463 e. The Morgan fingerprint density at radius 3 is 1.79 bits per heavy atom. The van der Waals surface area contributed by atoms with Gasteiger partial charge in [-0.2, -0.15) is 0 Å². The van der Waals surface area contributed by atoms with E-state index in [0.717, 1.165) is 31.9 Å². The van der Waals surface area contributed by atoms with Crippen molar-refractivity contribution in [1.82, 2.24) is 0 Å². The Morgan fingerprint density at radius 1 is 0.692 bits per heavy atom. The number of rotatable bonds is 13. The highest BCUT2D eigenvalue weighted by molar-refractivity contribution is 5.68. The van der Waals surface area contributed by atoms with Crippen LogP contribution in [0.25, 0.3) is 0 Å². The topological polar surface area (TPSA) is 170 Å². The van der Waals surface area contributed by atoms with Crippen molar-refractivity contribution in [2.75, 3.05) is 19.8 Å². The van der Waals surface area contributed by atoms with Crippen molar-refractivity contribution < 1.29 is 71.3 Å². The highest BCUT2D eigenvalue weighted by atomic mass is 16.9. The smallest absolute Gasteiger partial charge is 0.303 e. The standard InChI is InChI=1S/C37H46O15/c1-22(38)42-19-28-30(47-23(2)39)32(48-24(3)40)33(49-25(4)41)35(50-28)51-29-20-45-37(21-46-36(5,6)52-37)34(44-18-27-15-11-8-12-16-27)31(29)43-17-26-13-9-7-10-14-26/h7-16,28-35H,17-21H2,1-6H3/t28-,29+,30-,31-,32+,33-,34+,35+,37-/m1/s1. The van der Waals surface area contributed by atoms with Crippen molar-refractivity contribution in [1.29, 1.82) is 0 Å². The van der Waals surface area contributed by atoms with Crippen molar-refractivity contribution in [2.45, 2.75) is 115 Å². The summed E-state index contributed by atoms with van der Waals surface area (Å²) >= 11 is 0. The first kappa shape index (κ1) is 39.3. The third kappa shape index (κ3) is 10.1. The summed E-state index contributed by atoms with van der Waals surface area (Å²) in [6.07, 6.45) is -9.83. The van der Waals surface area contributed by atoms with Crippen LogP contribution in [0.2, 0.25) is 0 Å². The third-order valence-corrected chi connectivity index (χ3v) is 8.44. The van der Waals surface area contributed by atoms with Gasteiger partial charge in [0.1, 0.15) is 37.6 Å². The second kappa shape index (κ2) is 17.2. The summed E-state index contributed by atoms with van der Waals surface area (Å²) in [5.41, 5.74) is 1.74. The highest BCUT2D eigenvalue weighted by Crippen LogP contribution is 2.43. The number of carbonyl (C=O) groups is 4. The van der Waals surface area contributed by atoms with Gasteiger partial charge in [0.2, 0.25) is 5.79 Å². The molecule has 3 aliphatic rings. The highest BCUT2D eigenvalue weighted by Gasteiger charge is 2.61. The number of carbonyl (C=O) groups excluding carboxylic acids is 4. The predicted molar refractivity (Wildman–Crippen MR) is 177 cm³/mol. The van der Waals surface area contributed by atoms with Crippen molar-refractivity contribution in [3.05, 3.63) is 71.8 Å². The Labute approximate surface area is 301 Å². The maximum absolute atomic E-state index is 12.5. The minimum atomic E-state index is -1.49. The molecule has 1 spiro atoms. The van der Waals surface area contributed by atoms with Crippen LogP contribution < -0.4 is 0 Å². The number of hydrogen-bond acceptors (Lipinski definition) is 15. The van der Waals surface area contributed by atoms with Gasteiger partial charge in [-0.1, -0.05) is 60.7 Å². The molecule has 3 heterocycles. The Bertz CT molecular complexity index is 1520. The zero-order valence-corrected chi connectivity index (χ0v) is 30.1. The maximum Gasteiger partial charge on any atom is 0.303 e. The zero-order valence-electron chi connectivity index (χ0n) is 30.1. The lowest BCUT2D eigenvalue weighted by atomic mass is 9.95. The van der Waals surface area contributed by atoms with Gasteiger partial charge in [-0.15, -0.1) is 0 Å². The molecule has 0 N–H and O–H groups in total. The van der Waals surface area contributed by atoms with Crippen molar-refractivity contribution in [3.63, 3.8) is 0 Å². The van der Waals surface area contributed by atoms with E-state index >= 15 is 0 Å². The number of hydrogen-bond donors (Lipinski definition) is 0. The number of esters is 4. The quantitative estimate of drug-likeness (QED) is 0.217. The molecule has 5 rings (SSSR count). The second-order valence-corrected chi connectivity index (χ2v) is 13.1. The second-order valence-electron chi connectivity index (χ2n) is 13.1. The van der Waals surface area contributed by atoms with Gasteiger partial charge in [-0.3, -0.25) is 19.2 Å². The molecule has 3 aliphatic heterocycles. The fourth-order valence-corrected chi connectivity index (χ4v) is 6.34. The van der Waals surface area contributed by atoms with Gasteiger partial charge >= 0.3 is 23.9 Å². The van der Waals surface area contributed by atoms with Crippen LogP contribution in [0.3, 0.4) is 0 Å². The Kier molecular flexibility index (Phi) is 13.0. The first-order valence-electron chi connectivity index (χ1n) is 17.0. The Morgan fingerprint density at radius 2 is 1.25 bits per heavy atom. The summed E-state index contributed by atoms with van der Waals surface area (Å²) in [7, 11) is 0. The summed E-state index contributed by atoms with van der Waals surface area (Å²) < 4.78 is 66.8. The summed E-state index contributed by atoms with van der Waals surface area (Å²) in [5, 5.41) is 0. The molecule has 0 amide bonds. The lowest BCUT2D eigenvalue weighted by molar-refractivity contribution is -0.379. The average molecular weight is 731 g/mol. The van der Waals surface area contributed by atoms with E-state index in [2.05, 4.69) is 0 Å². The van der Waals surface area contributed by atoms with Crippen LogP contribution in [0.1, 0.15) is 52.7 Å². The molecule has 3 fully saturated rings. The molecule has 3 saturated heterocycles. The van der Waals surface area contributed by atoms with Gasteiger partial charge < -0.3 is 52.1 Å².